The third kappa shape index (κ3) is 4.22. The summed E-state index contributed by atoms with van der Waals surface area (Å²) in [6, 6.07) is 5.44. The molecule has 9 heteroatoms. The Morgan fingerprint density at radius 2 is 2.04 bits per heavy atom. The van der Waals surface area contributed by atoms with Gasteiger partial charge in [0.05, 0.1) is 13.7 Å². The Hall–Kier alpha value is -1.97. The van der Waals surface area contributed by atoms with E-state index in [4.69, 9.17) is 4.74 Å². The Labute approximate surface area is 153 Å². The maximum Gasteiger partial charge on any atom is 0.246 e. The summed E-state index contributed by atoms with van der Waals surface area (Å²) in [5.41, 5.74) is 0. The summed E-state index contributed by atoms with van der Waals surface area (Å²) in [5.74, 6) is -0.439. The van der Waals surface area contributed by atoms with Gasteiger partial charge in [-0.3, -0.25) is 4.68 Å². The standard InChI is InChI=1S/C17H23FN4O3S/c1-25-16-5-4-15(18)14-17(16)26(23,24)22-9-3-7-20(11-13-22)10-12-21-8-2-6-19-21/h2,4-6,8,14H,3,7,9-13H2,1H3. The van der Waals surface area contributed by atoms with E-state index in [2.05, 4.69) is 10.00 Å². The van der Waals surface area contributed by atoms with Gasteiger partial charge >= 0.3 is 0 Å². The van der Waals surface area contributed by atoms with Gasteiger partial charge in [0.15, 0.2) is 0 Å². The van der Waals surface area contributed by atoms with Crippen molar-refractivity contribution in [2.75, 3.05) is 39.8 Å². The quantitative estimate of drug-likeness (QED) is 0.756. The first-order valence-corrected chi connectivity index (χ1v) is 9.98. The van der Waals surface area contributed by atoms with Crippen LogP contribution >= 0.6 is 0 Å². The summed E-state index contributed by atoms with van der Waals surface area (Å²) in [6.45, 7) is 3.77. The number of benzene rings is 1. The number of hydrogen-bond acceptors (Lipinski definition) is 5. The van der Waals surface area contributed by atoms with Gasteiger partial charge in [-0.1, -0.05) is 0 Å². The van der Waals surface area contributed by atoms with Gasteiger partial charge in [-0.15, -0.1) is 0 Å². The molecule has 3 rings (SSSR count). The van der Waals surface area contributed by atoms with E-state index >= 15 is 0 Å². The van der Waals surface area contributed by atoms with Crippen molar-refractivity contribution in [3.05, 3.63) is 42.5 Å². The van der Waals surface area contributed by atoms with Gasteiger partial charge in [0.25, 0.3) is 0 Å². The lowest BCUT2D eigenvalue weighted by molar-refractivity contribution is 0.270. The van der Waals surface area contributed by atoms with E-state index in [1.165, 1.54) is 23.5 Å². The fourth-order valence-corrected chi connectivity index (χ4v) is 4.72. The SMILES string of the molecule is COc1ccc(F)cc1S(=O)(=O)N1CCCN(CCn2cccn2)CC1. The Bertz CT molecular complexity index is 827. The van der Waals surface area contributed by atoms with E-state index in [0.717, 1.165) is 32.1 Å². The zero-order chi connectivity index (χ0) is 18.6. The maximum atomic E-state index is 13.6. The number of halogens is 1. The zero-order valence-corrected chi connectivity index (χ0v) is 15.5. The van der Waals surface area contributed by atoms with Crippen molar-refractivity contribution in [3.8, 4) is 5.75 Å². The van der Waals surface area contributed by atoms with Crippen molar-refractivity contribution in [2.45, 2.75) is 17.9 Å². The number of rotatable bonds is 6. The van der Waals surface area contributed by atoms with Crippen molar-refractivity contribution >= 4 is 10.0 Å². The van der Waals surface area contributed by atoms with Crippen LogP contribution in [0.15, 0.2) is 41.6 Å². The predicted octanol–water partition coefficient (Wildman–Crippen LogP) is 1.43. The van der Waals surface area contributed by atoms with Crippen molar-refractivity contribution in [2.24, 2.45) is 0 Å². The molecule has 1 aromatic heterocycles. The van der Waals surface area contributed by atoms with Crippen LogP contribution in [0.1, 0.15) is 6.42 Å². The van der Waals surface area contributed by atoms with E-state index in [-0.39, 0.29) is 10.6 Å². The third-order valence-corrected chi connectivity index (χ3v) is 6.42. The molecule has 26 heavy (non-hydrogen) atoms. The summed E-state index contributed by atoms with van der Waals surface area (Å²) >= 11 is 0. The van der Waals surface area contributed by atoms with Crippen LogP contribution in [0.5, 0.6) is 5.75 Å². The Kier molecular flexibility index (Phi) is 5.90. The Morgan fingerprint density at radius 3 is 2.77 bits per heavy atom. The lowest BCUT2D eigenvalue weighted by Crippen LogP contribution is -2.36. The van der Waals surface area contributed by atoms with Crippen LogP contribution in [0.3, 0.4) is 0 Å². The van der Waals surface area contributed by atoms with E-state index in [1.807, 2.05) is 16.9 Å². The molecule has 1 aliphatic rings. The van der Waals surface area contributed by atoms with Crippen LogP contribution < -0.4 is 4.74 Å². The third-order valence-electron chi connectivity index (χ3n) is 4.50. The normalized spacial score (nSPS) is 17.2. The van der Waals surface area contributed by atoms with E-state index < -0.39 is 15.8 Å². The van der Waals surface area contributed by atoms with Crippen LogP contribution in [0, 0.1) is 5.82 Å². The smallest absolute Gasteiger partial charge is 0.246 e. The molecule has 0 bridgehead atoms. The Morgan fingerprint density at radius 1 is 1.19 bits per heavy atom. The molecule has 0 radical (unpaired) electrons. The highest BCUT2D eigenvalue weighted by molar-refractivity contribution is 7.89. The lowest BCUT2D eigenvalue weighted by atomic mass is 10.3. The second kappa shape index (κ2) is 8.15. The van der Waals surface area contributed by atoms with Gasteiger partial charge in [0.1, 0.15) is 16.5 Å². The molecular weight excluding hydrogens is 359 g/mol. The van der Waals surface area contributed by atoms with E-state index in [1.54, 1.807) is 6.20 Å². The zero-order valence-electron chi connectivity index (χ0n) is 14.7. The molecule has 142 valence electrons. The minimum absolute atomic E-state index is 0.120. The molecule has 0 unspecified atom stereocenters. The molecule has 1 saturated heterocycles. The summed E-state index contributed by atoms with van der Waals surface area (Å²) < 4.78 is 47.9. The van der Waals surface area contributed by atoms with E-state index in [0.29, 0.717) is 19.6 Å². The molecular formula is C17H23FN4O3S. The number of nitrogens with zero attached hydrogens (tertiary/aromatic N) is 4. The highest BCUT2D eigenvalue weighted by Crippen LogP contribution is 2.28. The van der Waals surface area contributed by atoms with Crippen molar-refractivity contribution in [1.29, 1.82) is 0 Å². The van der Waals surface area contributed by atoms with Crippen LogP contribution in [0.2, 0.25) is 0 Å². The molecule has 0 N–H and O–H groups in total. The second-order valence-corrected chi connectivity index (χ2v) is 8.07. The van der Waals surface area contributed by atoms with Crippen LogP contribution in [-0.2, 0) is 16.6 Å². The van der Waals surface area contributed by atoms with Crippen molar-refractivity contribution in [1.82, 2.24) is 19.0 Å². The highest BCUT2D eigenvalue weighted by atomic mass is 32.2. The number of methoxy groups -OCH3 is 1. The molecule has 7 nitrogen and oxygen atoms in total. The summed E-state index contributed by atoms with van der Waals surface area (Å²) in [6.07, 6.45) is 4.36. The number of aromatic nitrogens is 2. The van der Waals surface area contributed by atoms with Gasteiger partial charge in [-0.25, -0.2) is 12.8 Å². The Balaban J connectivity index is 1.69. The van der Waals surface area contributed by atoms with Gasteiger partial charge in [0.2, 0.25) is 10.0 Å². The molecule has 1 fully saturated rings. The van der Waals surface area contributed by atoms with Crippen molar-refractivity contribution < 1.29 is 17.5 Å². The summed E-state index contributed by atoms with van der Waals surface area (Å²) in [4.78, 5) is 2.10. The van der Waals surface area contributed by atoms with Gasteiger partial charge in [0, 0.05) is 38.6 Å². The van der Waals surface area contributed by atoms with E-state index in [9.17, 15) is 12.8 Å². The van der Waals surface area contributed by atoms with Gasteiger partial charge in [-0.2, -0.15) is 9.40 Å². The molecule has 0 saturated carbocycles. The minimum atomic E-state index is -3.81. The largest absolute Gasteiger partial charge is 0.495 e. The second-order valence-electron chi connectivity index (χ2n) is 6.16. The average Bonchev–Trinajstić information content (AvgIpc) is 3.03. The van der Waals surface area contributed by atoms with Crippen LogP contribution in [-0.4, -0.2) is 67.2 Å². The van der Waals surface area contributed by atoms with Gasteiger partial charge < -0.3 is 9.64 Å². The molecule has 0 aliphatic carbocycles. The highest BCUT2D eigenvalue weighted by Gasteiger charge is 2.29. The number of hydrogen-bond donors (Lipinski definition) is 0. The molecule has 2 heterocycles. The average molecular weight is 382 g/mol. The lowest BCUT2D eigenvalue weighted by Gasteiger charge is -2.22. The first-order chi connectivity index (χ1) is 12.5. The molecule has 1 aliphatic heterocycles. The van der Waals surface area contributed by atoms with Crippen molar-refractivity contribution in [3.63, 3.8) is 0 Å². The monoisotopic (exact) mass is 382 g/mol. The number of ether oxygens (including phenoxy) is 1. The predicted molar refractivity (Wildman–Crippen MR) is 95.0 cm³/mol. The van der Waals surface area contributed by atoms with Gasteiger partial charge in [-0.05, 0) is 37.2 Å². The maximum absolute atomic E-state index is 13.6. The summed E-state index contributed by atoms with van der Waals surface area (Å²) in [7, 11) is -2.43. The first kappa shape index (κ1) is 18.8. The van der Waals surface area contributed by atoms with Crippen LogP contribution in [0.4, 0.5) is 4.39 Å². The molecule has 0 spiro atoms. The molecule has 2 aromatic rings. The van der Waals surface area contributed by atoms with Crippen LogP contribution in [0.25, 0.3) is 0 Å². The molecule has 1 aromatic carbocycles. The topological polar surface area (TPSA) is 67.7 Å². The fraction of sp³-hybridized carbons (Fsp3) is 0.471. The number of sulfonamides is 1. The fourth-order valence-electron chi connectivity index (χ4n) is 3.08. The minimum Gasteiger partial charge on any atom is -0.495 e. The first-order valence-electron chi connectivity index (χ1n) is 8.54. The molecule has 0 atom stereocenters. The molecule has 0 amide bonds. The summed E-state index contributed by atoms with van der Waals surface area (Å²) in [5, 5.41) is 4.18.